The van der Waals surface area contributed by atoms with E-state index in [0.717, 1.165) is 0 Å². The Balaban J connectivity index is 1.80. The number of hydrogen-bond donors (Lipinski definition) is 2. The minimum absolute atomic E-state index is 0.122. The Morgan fingerprint density at radius 1 is 1.53 bits per heavy atom. The molecule has 19 heavy (non-hydrogen) atoms. The summed E-state index contributed by atoms with van der Waals surface area (Å²) in [7, 11) is 1.53. The Bertz CT molecular complexity index is 446. The van der Waals surface area contributed by atoms with Crippen molar-refractivity contribution in [2.45, 2.75) is 12.5 Å². The van der Waals surface area contributed by atoms with Crippen molar-refractivity contribution < 1.29 is 19.0 Å². The molecule has 1 aromatic carbocycles. The van der Waals surface area contributed by atoms with Crippen molar-refractivity contribution >= 4 is 17.3 Å². The largest absolute Gasteiger partial charge is 0.494 e. The number of rotatable bonds is 6. The molecule has 0 aromatic heterocycles. The summed E-state index contributed by atoms with van der Waals surface area (Å²) in [6.45, 7) is 1.62. The molecule has 6 nitrogen and oxygen atoms in total. The van der Waals surface area contributed by atoms with Crippen LogP contribution >= 0.6 is 0 Å². The molecular weight excluding hydrogens is 248 g/mol. The third-order valence-corrected chi connectivity index (χ3v) is 2.79. The summed E-state index contributed by atoms with van der Waals surface area (Å²) in [5.41, 5.74) is 6.84. The topological polar surface area (TPSA) is 82.8 Å². The van der Waals surface area contributed by atoms with Gasteiger partial charge in [-0.05, 0) is 12.1 Å². The molecule has 3 N–H and O–H groups in total. The highest BCUT2D eigenvalue weighted by Gasteiger charge is 2.19. The monoisotopic (exact) mass is 266 g/mol. The molecule has 0 bridgehead atoms. The van der Waals surface area contributed by atoms with Gasteiger partial charge in [-0.2, -0.15) is 0 Å². The number of anilines is 2. The molecule has 0 atom stereocenters. The zero-order valence-corrected chi connectivity index (χ0v) is 10.8. The van der Waals surface area contributed by atoms with Crippen LogP contribution in [-0.4, -0.2) is 38.9 Å². The van der Waals surface area contributed by atoms with E-state index in [2.05, 4.69) is 5.32 Å². The Morgan fingerprint density at radius 2 is 2.32 bits per heavy atom. The maximum atomic E-state index is 11.7. The summed E-state index contributed by atoms with van der Waals surface area (Å²) < 4.78 is 15.6. The van der Waals surface area contributed by atoms with Crippen LogP contribution in [0, 0.1) is 0 Å². The van der Waals surface area contributed by atoms with E-state index in [4.69, 9.17) is 19.9 Å². The highest BCUT2D eigenvalue weighted by atomic mass is 16.6. The molecule has 0 spiro atoms. The lowest BCUT2D eigenvalue weighted by Crippen LogP contribution is -2.36. The number of nitrogen functional groups attached to an aromatic ring is 1. The Kier molecular flexibility index (Phi) is 4.59. The number of carbonyl (C=O) groups is 1. The second-order valence-corrected chi connectivity index (χ2v) is 4.29. The molecule has 1 fully saturated rings. The van der Waals surface area contributed by atoms with E-state index in [-0.39, 0.29) is 12.0 Å². The van der Waals surface area contributed by atoms with Crippen LogP contribution < -0.4 is 15.8 Å². The number of ether oxygens (including phenoxy) is 3. The van der Waals surface area contributed by atoms with Gasteiger partial charge in [0.05, 0.1) is 39.0 Å². The van der Waals surface area contributed by atoms with Gasteiger partial charge >= 0.3 is 0 Å². The van der Waals surface area contributed by atoms with Gasteiger partial charge in [0.25, 0.3) is 0 Å². The number of nitrogens with one attached hydrogen (secondary N) is 1. The summed E-state index contributed by atoms with van der Waals surface area (Å²) in [5, 5.41) is 2.77. The normalized spacial score (nSPS) is 14.8. The van der Waals surface area contributed by atoms with Crippen LogP contribution in [0.3, 0.4) is 0 Å². The minimum Gasteiger partial charge on any atom is -0.494 e. The number of methoxy groups -OCH3 is 1. The van der Waals surface area contributed by atoms with E-state index in [1.165, 1.54) is 7.11 Å². The van der Waals surface area contributed by atoms with Crippen LogP contribution in [0.25, 0.3) is 0 Å². The minimum atomic E-state index is -0.122. The first-order valence-electron chi connectivity index (χ1n) is 6.11. The highest BCUT2D eigenvalue weighted by Crippen LogP contribution is 2.26. The van der Waals surface area contributed by atoms with Crippen molar-refractivity contribution in [1.29, 1.82) is 0 Å². The number of amides is 1. The SMILES string of the molecule is COc1cc(N)ccc1NC(=O)CCOC1COC1. The molecule has 0 radical (unpaired) electrons. The van der Waals surface area contributed by atoms with Gasteiger partial charge in [0.15, 0.2) is 0 Å². The third kappa shape index (κ3) is 3.84. The van der Waals surface area contributed by atoms with E-state index in [1.54, 1.807) is 18.2 Å². The Labute approximate surface area is 111 Å². The molecule has 1 heterocycles. The summed E-state index contributed by atoms with van der Waals surface area (Å²) in [6.07, 6.45) is 0.433. The second-order valence-electron chi connectivity index (χ2n) is 4.29. The molecule has 1 saturated heterocycles. The summed E-state index contributed by atoms with van der Waals surface area (Å²) in [4.78, 5) is 11.7. The first kappa shape index (κ1) is 13.6. The van der Waals surface area contributed by atoms with E-state index < -0.39 is 0 Å². The van der Waals surface area contributed by atoms with Crippen molar-refractivity contribution in [1.82, 2.24) is 0 Å². The molecular formula is C13H18N2O4. The molecule has 0 aliphatic carbocycles. The highest BCUT2D eigenvalue weighted by molar-refractivity contribution is 5.92. The van der Waals surface area contributed by atoms with Gasteiger partial charge < -0.3 is 25.3 Å². The average Bonchev–Trinajstić information content (AvgIpc) is 2.34. The van der Waals surface area contributed by atoms with Gasteiger partial charge in [-0.15, -0.1) is 0 Å². The summed E-state index contributed by atoms with van der Waals surface area (Å²) >= 11 is 0. The molecule has 2 rings (SSSR count). The van der Waals surface area contributed by atoms with Crippen LogP contribution in [0.2, 0.25) is 0 Å². The quantitative estimate of drug-likeness (QED) is 0.751. The van der Waals surface area contributed by atoms with Gasteiger partial charge in [-0.1, -0.05) is 0 Å². The van der Waals surface area contributed by atoms with Gasteiger partial charge in [-0.25, -0.2) is 0 Å². The average molecular weight is 266 g/mol. The second kappa shape index (κ2) is 6.40. The van der Waals surface area contributed by atoms with Crippen molar-refractivity contribution in [2.24, 2.45) is 0 Å². The summed E-state index contributed by atoms with van der Waals surface area (Å²) in [5.74, 6) is 0.421. The zero-order chi connectivity index (χ0) is 13.7. The van der Waals surface area contributed by atoms with Gasteiger partial charge in [0.1, 0.15) is 11.9 Å². The maximum Gasteiger partial charge on any atom is 0.226 e. The molecule has 0 unspecified atom stereocenters. The number of hydrogen-bond acceptors (Lipinski definition) is 5. The van der Waals surface area contributed by atoms with E-state index >= 15 is 0 Å². The molecule has 1 aliphatic heterocycles. The fraction of sp³-hybridized carbons (Fsp3) is 0.462. The standard InChI is InChI=1S/C13H18N2O4/c1-17-12-6-9(14)2-3-11(12)15-13(16)4-5-19-10-7-18-8-10/h2-3,6,10H,4-5,7-8,14H2,1H3,(H,15,16). The van der Waals surface area contributed by atoms with Crippen molar-refractivity contribution in [3.63, 3.8) is 0 Å². The Morgan fingerprint density at radius 3 is 2.95 bits per heavy atom. The molecule has 104 valence electrons. The molecule has 1 aromatic rings. The van der Waals surface area contributed by atoms with Crippen LogP contribution in [0.4, 0.5) is 11.4 Å². The lowest BCUT2D eigenvalue weighted by atomic mass is 10.2. The molecule has 1 aliphatic rings. The van der Waals surface area contributed by atoms with Crippen LogP contribution in [0.5, 0.6) is 5.75 Å². The number of benzene rings is 1. The fourth-order valence-electron chi connectivity index (χ4n) is 1.65. The van der Waals surface area contributed by atoms with Crippen LogP contribution in [0.1, 0.15) is 6.42 Å². The smallest absolute Gasteiger partial charge is 0.226 e. The van der Waals surface area contributed by atoms with Crippen molar-refractivity contribution in [3.05, 3.63) is 18.2 Å². The van der Waals surface area contributed by atoms with Gasteiger partial charge in [0, 0.05) is 11.8 Å². The molecule has 6 heteroatoms. The molecule has 1 amide bonds. The van der Waals surface area contributed by atoms with E-state index in [9.17, 15) is 4.79 Å². The number of carbonyl (C=O) groups excluding carboxylic acids is 1. The third-order valence-electron chi connectivity index (χ3n) is 2.79. The first-order chi connectivity index (χ1) is 9.19. The number of nitrogens with two attached hydrogens (primary N) is 1. The van der Waals surface area contributed by atoms with Gasteiger partial charge in [0.2, 0.25) is 5.91 Å². The summed E-state index contributed by atoms with van der Waals surface area (Å²) in [6, 6.07) is 5.09. The fourth-order valence-corrected chi connectivity index (χ4v) is 1.65. The van der Waals surface area contributed by atoms with Crippen LogP contribution in [-0.2, 0) is 14.3 Å². The van der Waals surface area contributed by atoms with Crippen molar-refractivity contribution in [2.75, 3.05) is 38.0 Å². The van der Waals surface area contributed by atoms with E-state index in [0.29, 0.717) is 43.4 Å². The lowest BCUT2D eigenvalue weighted by Gasteiger charge is -2.25. The molecule has 0 saturated carbocycles. The predicted molar refractivity (Wildman–Crippen MR) is 71.2 cm³/mol. The predicted octanol–water partition coefficient (Wildman–Crippen LogP) is 1.02. The lowest BCUT2D eigenvalue weighted by molar-refractivity contribution is -0.135. The van der Waals surface area contributed by atoms with Crippen LogP contribution in [0.15, 0.2) is 18.2 Å². The van der Waals surface area contributed by atoms with Gasteiger partial charge in [-0.3, -0.25) is 4.79 Å². The first-order valence-corrected chi connectivity index (χ1v) is 6.11. The Hall–Kier alpha value is -1.79. The zero-order valence-electron chi connectivity index (χ0n) is 10.8. The maximum absolute atomic E-state index is 11.7. The van der Waals surface area contributed by atoms with Crippen molar-refractivity contribution in [3.8, 4) is 5.75 Å². The van der Waals surface area contributed by atoms with E-state index in [1.807, 2.05) is 0 Å².